The zero-order chi connectivity index (χ0) is 19.2. The second-order valence-electron chi connectivity index (χ2n) is 6.74. The predicted molar refractivity (Wildman–Crippen MR) is 102 cm³/mol. The number of halogens is 1. The Morgan fingerprint density at radius 1 is 1.30 bits per heavy atom. The summed E-state index contributed by atoms with van der Waals surface area (Å²) in [5, 5.41) is 17.2. The Hall–Kier alpha value is -2.68. The highest BCUT2D eigenvalue weighted by atomic mass is 35.5. The van der Waals surface area contributed by atoms with Gasteiger partial charge >= 0.3 is 7.12 Å². The van der Waals surface area contributed by atoms with Crippen molar-refractivity contribution in [2.45, 2.75) is 19.4 Å². The molecule has 0 saturated carbocycles. The average molecular weight is 383 g/mol. The van der Waals surface area contributed by atoms with E-state index in [2.05, 4.69) is 15.4 Å². The molecule has 2 aromatic carbocycles. The number of rotatable bonds is 3. The molecule has 2 N–H and O–H groups in total. The Morgan fingerprint density at radius 2 is 2.11 bits per heavy atom. The summed E-state index contributed by atoms with van der Waals surface area (Å²) in [6.45, 7) is 3.77. The van der Waals surface area contributed by atoms with E-state index in [4.69, 9.17) is 16.3 Å². The first kappa shape index (κ1) is 17.7. The van der Waals surface area contributed by atoms with Crippen LogP contribution in [0.15, 0.2) is 49.1 Å². The van der Waals surface area contributed by atoms with E-state index >= 15 is 0 Å². The molecule has 1 aliphatic heterocycles. The number of nitrogens with zero attached hydrogens (tertiary/aromatic N) is 3. The highest BCUT2D eigenvalue weighted by Gasteiger charge is 2.40. The second kappa shape index (κ2) is 6.49. The van der Waals surface area contributed by atoms with Gasteiger partial charge in [0, 0.05) is 5.69 Å². The number of nitrogens with one attached hydrogen (secondary N) is 1. The molecule has 0 atom stereocenters. The Bertz CT molecular complexity index is 1020. The summed E-state index contributed by atoms with van der Waals surface area (Å²) in [4.78, 5) is 16.5. The smallest absolute Gasteiger partial charge is 0.423 e. The first-order valence-corrected chi connectivity index (χ1v) is 8.69. The standard InChI is InChI=1S/C18H16BClN4O3/c1-18(2)14-6-3-11(7-15(14)19(26)27-18)23-17(25)13-5-4-12(8-16(13)20)24-10-21-9-22-24/h3-10,26H,1-2H3,(H,23,25). The third-order valence-electron chi connectivity index (χ3n) is 4.51. The molecule has 2 heterocycles. The molecular formula is C18H16BClN4O3. The lowest BCUT2D eigenvalue weighted by Gasteiger charge is -2.19. The minimum atomic E-state index is -1.02. The molecule has 0 fully saturated rings. The lowest BCUT2D eigenvalue weighted by atomic mass is 9.78. The molecule has 0 aliphatic carbocycles. The number of hydrogen-bond acceptors (Lipinski definition) is 5. The topological polar surface area (TPSA) is 89.3 Å². The van der Waals surface area contributed by atoms with E-state index in [-0.39, 0.29) is 5.91 Å². The molecule has 1 aromatic heterocycles. The van der Waals surface area contributed by atoms with Gasteiger partial charge in [-0.3, -0.25) is 4.79 Å². The molecule has 0 bridgehead atoms. The maximum Gasteiger partial charge on any atom is 0.492 e. The van der Waals surface area contributed by atoms with Gasteiger partial charge in [-0.1, -0.05) is 17.7 Å². The quantitative estimate of drug-likeness (QED) is 0.677. The normalized spacial score (nSPS) is 14.9. The number of anilines is 1. The zero-order valence-electron chi connectivity index (χ0n) is 14.7. The van der Waals surface area contributed by atoms with Gasteiger partial charge in [0.1, 0.15) is 12.7 Å². The van der Waals surface area contributed by atoms with Crippen molar-refractivity contribution in [3.05, 3.63) is 65.2 Å². The minimum Gasteiger partial charge on any atom is -0.423 e. The van der Waals surface area contributed by atoms with Gasteiger partial charge in [0.15, 0.2) is 0 Å². The third-order valence-corrected chi connectivity index (χ3v) is 4.82. The van der Waals surface area contributed by atoms with E-state index in [1.807, 2.05) is 19.9 Å². The fourth-order valence-electron chi connectivity index (χ4n) is 3.17. The number of aromatic nitrogens is 3. The van der Waals surface area contributed by atoms with Gasteiger partial charge in [-0.2, -0.15) is 5.10 Å². The van der Waals surface area contributed by atoms with Crippen molar-refractivity contribution in [3.8, 4) is 5.69 Å². The van der Waals surface area contributed by atoms with Crippen LogP contribution >= 0.6 is 11.6 Å². The molecule has 27 heavy (non-hydrogen) atoms. The molecule has 0 saturated heterocycles. The molecule has 9 heteroatoms. The molecule has 7 nitrogen and oxygen atoms in total. The van der Waals surface area contributed by atoms with E-state index in [0.717, 1.165) is 5.56 Å². The maximum absolute atomic E-state index is 12.6. The van der Waals surface area contributed by atoms with Crippen LogP contribution in [0.3, 0.4) is 0 Å². The van der Waals surface area contributed by atoms with Crippen LogP contribution in [0, 0.1) is 0 Å². The van der Waals surface area contributed by atoms with Crippen LogP contribution in [0.25, 0.3) is 5.69 Å². The third kappa shape index (κ3) is 3.23. The van der Waals surface area contributed by atoms with Crippen molar-refractivity contribution >= 4 is 35.8 Å². The minimum absolute atomic E-state index is 0.297. The fraction of sp³-hybridized carbons (Fsp3) is 0.167. The first-order valence-electron chi connectivity index (χ1n) is 8.31. The SMILES string of the molecule is CC1(C)OB(O)c2cc(NC(=O)c3ccc(-n4cncn4)cc3Cl)ccc21. The number of carbonyl (C=O) groups is 1. The fourth-order valence-corrected chi connectivity index (χ4v) is 3.43. The van der Waals surface area contributed by atoms with Crippen molar-refractivity contribution in [2.24, 2.45) is 0 Å². The molecule has 1 aliphatic rings. The molecule has 0 unspecified atom stereocenters. The number of carbonyl (C=O) groups excluding carboxylic acids is 1. The van der Waals surface area contributed by atoms with E-state index in [0.29, 0.717) is 27.4 Å². The van der Waals surface area contributed by atoms with Gasteiger partial charge in [-0.25, -0.2) is 9.67 Å². The average Bonchev–Trinajstić information content (AvgIpc) is 3.22. The lowest BCUT2D eigenvalue weighted by molar-refractivity contribution is 0.101. The monoisotopic (exact) mass is 382 g/mol. The molecule has 1 amide bonds. The van der Waals surface area contributed by atoms with Crippen LogP contribution in [0.1, 0.15) is 29.8 Å². The second-order valence-corrected chi connectivity index (χ2v) is 7.15. The van der Waals surface area contributed by atoms with Crippen molar-refractivity contribution in [1.29, 1.82) is 0 Å². The Labute approximate surface area is 161 Å². The van der Waals surface area contributed by atoms with Crippen molar-refractivity contribution in [3.63, 3.8) is 0 Å². The van der Waals surface area contributed by atoms with E-state index in [1.165, 1.54) is 6.33 Å². The zero-order valence-corrected chi connectivity index (χ0v) is 15.4. The molecular weight excluding hydrogens is 366 g/mol. The Balaban J connectivity index is 1.57. The van der Waals surface area contributed by atoms with Crippen LogP contribution in [0.4, 0.5) is 5.69 Å². The summed E-state index contributed by atoms with van der Waals surface area (Å²) in [6.07, 6.45) is 2.96. The van der Waals surface area contributed by atoms with Gasteiger partial charge in [0.05, 0.1) is 21.9 Å². The van der Waals surface area contributed by atoms with Gasteiger partial charge in [-0.05, 0) is 55.2 Å². The van der Waals surface area contributed by atoms with Gasteiger partial charge in [0.25, 0.3) is 5.91 Å². The van der Waals surface area contributed by atoms with E-state index < -0.39 is 12.7 Å². The summed E-state index contributed by atoms with van der Waals surface area (Å²) in [7, 11) is -1.02. The molecule has 0 spiro atoms. The molecule has 0 radical (unpaired) electrons. The summed E-state index contributed by atoms with van der Waals surface area (Å²) in [5.41, 5.74) is 2.55. The first-order chi connectivity index (χ1) is 12.8. The van der Waals surface area contributed by atoms with Crippen LogP contribution in [0.2, 0.25) is 5.02 Å². The van der Waals surface area contributed by atoms with Gasteiger partial charge < -0.3 is 15.0 Å². The number of fused-ring (bicyclic) bond motifs is 1. The van der Waals surface area contributed by atoms with Crippen molar-refractivity contribution in [2.75, 3.05) is 5.32 Å². The number of amides is 1. The molecule has 3 aromatic rings. The maximum atomic E-state index is 12.6. The van der Waals surface area contributed by atoms with Crippen molar-refractivity contribution < 1.29 is 14.5 Å². The van der Waals surface area contributed by atoms with Crippen LogP contribution < -0.4 is 10.8 Å². The summed E-state index contributed by atoms with van der Waals surface area (Å²) >= 11 is 6.28. The number of benzene rings is 2. The molecule has 136 valence electrons. The van der Waals surface area contributed by atoms with Crippen LogP contribution in [0.5, 0.6) is 0 Å². The summed E-state index contributed by atoms with van der Waals surface area (Å²) in [5.74, 6) is -0.349. The highest BCUT2D eigenvalue weighted by Crippen LogP contribution is 2.31. The van der Waals surface area contributed by atoms with Crippen LogP contribution in [-0.2, 0) is 10.3 Å². The van der Waals surface area contributed by atoms with Crippen LogP contribution in [-0.4, -0.2) is 32.8 Å². The van der Waals surface area contributed by atoms with Gasteiger partial charge in [0.2, 0.25) is 0 Å². The number of hydrogen-bond donors (Lipinski definition) is 2. The van der Waals surface area contributed by atoms with E-state index in [1.54, 1.807) is 41.3 Å². The van der Waals surface area contributed by atoms with Crippen molar-refractivity contribution in [1.82, 2.24) is 14.8 Å². The summed E-state index contributed by atoms with van der Waals surface area (Å²) in [6, 6.07) is 10.3. The highest BCUT2D eigenvalue weighted by molar-refractivity contribution is 6.62. The Morgan fingerprint density at radius 3 is 2.81 bits per heavy atom. The Kier molecular flexibility index (Phi) is 4.26. The van der Waals surface area contributed by atoms with E-state index in [9.17, 15) is 9.82 Å². The largest absolute Gasteiger partial charge is 0.492 e. The lowest BCUT2D eigenvalue weighted by Crippen LogP contribution is -2.29. The predicted octanol–water partition coefficient (Wildman–Crippen LogP) is 2.13. The van der Waals surface area contributed by atoms with Gasteiger partial charge in [-0.15, -0.1) is 0 Å². The summed E-state index contributed by atoms with van der Waals surface area (Å²) < 4.78 is 7.09. The molecule has 4 rings (SSSR count).